The fourth-order valence-corrected chi connectivity index (χ4v) is 3.16. The van der Waals surface area contributed by atoms with Crippen molar-refractivity contribution in [1.82, 2.24) is 15.5 Å². The standard InChI is InChI=1S/C19H21N5O/c25-19(13-9-11-20-12-10-13)22-15-7-5-14(6-8-15)21-18-16-3-1-2-4-17(16)23-24-18/h1-8,13,20H,9-12H2,(H,22,25)(H2,21,23,24). The first-order valence-corrected chi connectivity index (χ1v) is 8.61. The van der Waals surface area contributed by atoms with E-state index in [1.165, 1.54) is 0 Å². The Morgan fingerprint density at radius 2 is 1.72 bits per heavy atom. The SMILES string of the molecule is O=C(Nc1ccc(Nc2n[nH]c3ccccc23)cc1)C1CCNCC1. The third kappa shape index (κ3) is 3.49. The average Bonchev–Trinajstić information content (AvgIpc) is 3.07. The third-order valence-corrected chi connectivity index (χ3v) is 4.60. The predicted molar refractivity (Wildman–Crippen MR) is 100 cm³/mol. The lowest BCUT2D eigenvalue weighted by Gasteiger charge is -2.21. The Balaban J connectivity index is 1.42. The molecule has 25 heavy (non-hydrogen) atoms. The zero-order valence-corrected chi connectivity index (χ0v) is 13.9. The van der Waals surface area contributed by atoms with Crippen molar-refractivity contribution >= 4 is 34.0 Å². The molecule has 0 bridgehead atoms. The Labute approximate surface area is 146 Å². The first-order valence-electron chi connectivity index (χ1n) is 8.61. The van der Waals surface area contributed by atoms with Crippen molar-refractivity contribution in [2.45, 2.75) is 12.8 Å². The second kappa shape index (κ2) is 6.94. The number of aromatic amines is 1. The minimum Gasteiger partial charge on any atom is -0.338 e. The maximum atomic E-state index is 12.3. The summed E-state index contributed by atoms with van der Waals surface area (Å²) in [5, 5.41) is 18.0. The molecule has 1 aliphatic rings. The van der Waals surface area contributed by atoms with E-state index in [0.29, 0.717) is 0 Å². The molecule has 3 aromatic rings. The number of para-hydroxylation sites is 1. The van der Waals surface area contributed by atoms with Gasteiger partial charge in [0.1, 0.15) is 0 Å². The summed E-state index contributed by atoms with van der Waals surface area (Å²) in [6.45, 7) is 1.83. The molecule has 0 aliphatic carbocycles. The summed E-state index contributed by atoms with van der Waals surface area (Å²) in [7, 11) is 0. The number of rotatable bonds is 4. The minimum atomic E-state index is 0.106. The van der Waals surface area contributed by atoms with E-state index in [1.54, 1.807) is 0 Å². The van der Waals surface area contributed by atoms with Crippen LogP contribution in [0.3, 0.4) is 0 Å². The van der Waals surface area contributed by atoms with E-state index >= 15 is 0 Å². The van der Waals surface area contributed by atoms with E-state index in [0.717, 1.165) is 54.0 Å². The molecule has 0 unspecified atom stereocenters. The van der Waals surface area contributed by atoms with Gasteiger partial charge in [0.15, 0.2) is 5.82 Å². The van der Waals surface area contributed by atoms with E-state index < -0.39 is 0 Å². The van der Waals surface area contributed by atoms with E-state index in [9.17, 15) is 4.79 Å². The Morgan fingerprint density at radius 1 is 1.00 bits per heavy atom. The van der Waals surface area contributed by atoms with Crippen LogP contribution in [0.25, 0.3) is 10.9 Å². The van der Waals surface area contributed by atoms with Crippen LogP contribution in [0.1, 0.15) is 12.8 Å². The van der Waals surface area contributed by atoms with Gasteiger partial charge in [0.2, 0.25) is 5.91 Å². The van der Waals surface area contributed by atoms with Crippen molar-refractivity contribution in [3.63, 3.8) is 0 Å². The van der Waals surface area contributed by atoms with Gasteiger partial charge in [0, 0.05) is 22.7 Å². The molecule has 6 nitrogen and oxygen atoms in total. The number of amides is 1. The molecule has 0 atom stereocenters. The maximum Gasteiger partial charge on any atom is 0.227 e. The van der Waals surface area contributed by atoms with Crippen LogP contribution in [-0.4, -0.2) is 29.2 Å². The van der Waals surface area contributed by atoms with Crippen LogP contribution in [0.5, 0.6) is 0 Å². The molecule has 1 amide bonds. The highest BCUT2D eigenvalue weighted by Gasteiger charge is 2.20. The van der Waals surface area contributed by atoms with Crippen LogP contribution in [0.4, 0.5) is 17.2 Å². The van der Waals surface area contributed by atoms with Crippen molar-refractivity contribution in [3.05, 3.63) is 48.5 Å². The Hall–Kier alpha value is -2.86. The van der Waals surface area contributed by atoms with Crippen molar-refractivity contribution in [2.24, 2.45) is 5.92 Å². The lowest BCUT2D eigenvalue weighted by atomic mass is 9.97. The van der Waals surface area contributed by atoms with Crippen molar-refractivity contribution in [3.8, 4) is 0 Å². The van der Waals surface area contributed by atoms with Gasteiger partial charge in [0.25, 0.3) is 0 Å². The van der Waals surface area contributed by atoms with Crippen LogP contribution in [0.2, 0.25) is 0 Å². The highest BCUT2D eigenvalue weighted by Crippen LogP contribution is 2.24. The van der Waals surface area contributed by atoms with Gasteiger partial charge in [-0.1, -0.05) is 12.1 Å². The molecule has 1 aliphatic heterocycles. The van der Waals surface area contributed by atoms with Crippen LogP contribution in [-0.2, 0) is 4.79 Å². The zero-order valence-electron chi connectivity index (χ0n) is 13.9. The molecule has 4 N–H and O–H groups in total. The molecule has 6 heteroatoms. The molecule has 0 spiro atoms. The molecule has 0 radical (unpaired) electrons. The van der Waals surface area contributed by atoms with Gasteiger partial charge in [-0.05, 0) is 62.3 Å². The number of H-pyrrole nitrogens is 1. The maximum absolute atomic E-state index is 12.3. The summed E-state index contributed by atoms with van der Waals surface area (Å²) in [6, 6.07) is 15.7. The normalized spacial score (nSPS) is 15.2. The predicted octanol–water partition coefficient (Wildman–Crippen LogP) is 3.24. The van der Waals surface area contributed by atoms with Crippen LogP contribution in [0, 0.1) is 5.92 Å². The zero-order chi connectivity index (χ0) is 17.1. The monoisotopic (exact) mass is 335 g/mol. The van der Waals surface area contributed by atoms with E-state index in [1.807, 2.05) is 48.5 Å². The summed E-state index contributed by atoms with van der Waals surface area (Å²) in [4.78, 5) is 12.3. The molecule has 4 rings (SSSR count). The summed E-state index contributed by atoms with van der Waals surface area (Å²) >= 11 is 0. The van der Waals surface area contributed by atoms with E-state index in [4.69, 9.17) is 0 Å². The summed E-state index contributed by atoms with van der Waals surface area (Å²) in [5.41, 5.74) is 2.74. The Kier molecular flexibility index (Phi) is 4.35. The van der Waals surface area contributed by atoms with Crippen molar-refractivity contribution in [1.29, 1.82) is 0 Å². The van der Waals surface area contributed by atoms with Gasteiger partial charge < -0.3 is 16.0 Å². The first kappa shape index (κ1) is 15.7. The quantitative estimate of drug-likeness (QED) is 0.590. The highest BCUT2D eigenvalue weighted by atomic mass is 16.1. The molecule has 0 saturated carbocycles. The summed E-state index contributed by atoms with van der Waals surface area (Å²) in [6.07, 6.45) is 1.80. The number of nitrogens with zero attached hydrogens (tertiary/aromatic N) is 1. The molecule has 128 valence electrons. The van der Waals surface area contributed by atoms with Gasteiger partial charge in [-0.3, -0.25) is 9.89 Å². The van der Waals surface area contributed by atoms with E-state index in [2.05, 4.69) is 26.1 Å². The van der Waals surface area contributed by atoms with Crippen LogP contribution < -0.4 is 16.0 Å². The van der Waals surface area contributed by atoms with Gasteiger partial charge in [0.05, 0.1) is 5.52 Å². The summed E-state index contributed by atoms with van der Waals surface area (Å²) in [5.74, 6) is 1.01. The van der Waals surface area contributed by atoms with Crippen LogP contribution in [0.15, 0.2) is 48.5 Å². The number of carbonyl (C=O) groups is 1. The lowest BCUT2D eigenvalue weighted by molar-refractivity contribution is -0.120. The molecular weight excluding hydrogens is 314 g/mol. The minimum absolute atomic E-state index is 0.106. The smallest absolute Gasteiger partial charge is 0.227 e. The second-order valence-corrected chi connectivity index (χ2v) is 6.33. The number of carbonyl (C=O) groups excluding carboxylic acids is 1. The molecule has 2 aromatic carbocycles. The Bertz CT molecular complexity index is 865. The number of anilines is 3. The van der Waals surface area contributed by atoms with Crippen LogP contribution >= 0.6 is 0 Å². The molecule has 1 saturated heterocycles. The highest BCUT2D eigenvalue weighted by molar-refractivity contribution is 5.93. The van der Waals surface area contributed by atoms with Crippen molar-refractivity contribution < 1.29 is 4.79 Å². The second-order valence-electron chi connectivity index (χ2n) is 6.33. The van der Waals surface area contributed by atoms with Gasteiger partial charge >= 0.3 is 0 Å². The third-order valence-electron chi connectivity index (χ3n) is 4.60. The molecule has 1 aromatic heterocycles. The summed E-state index contributed by atoms with van der Waals surface area (Å²) < 4.78 is 0. The van der Waals surface area contributed by atoms with Gasteiger partial charge in [-0.15, -0.1) is 0 Å². The fourth-order valence-electron chi connectivity index (χ4n) is 3.16. The number of piperidine rings is 1. The number of fused-ring (bicyclic) bond motifs is 1. The fraction of sp³-hybridized carbons (Fsp3) is 0.263. The molecule has 2 heterocycles. The van der Waals surface area contributed by atoms with Gasteiger partial charge in [-0.25, -0.2) is 0 Å². The largest absolute Gasteiger partial charge is 0.338 e. The first-order chi connectivity index (χ1) is 12.3. The molecular formula is C19H21N5O. The lowest BCUT2D eigenvalue weighted by Crippen LogP contribution is -2.34. The van der Waals surface area contributed by atoms with Crippen molar-refractivity contribution in [2.75, 3.05) is 23.7 Å². The number of hydrogen-bond acceptors (Lipinski definition) is 4. The Morgan fingerprint density at radius 3 is 2.52 bits per heavy atom. The van der Waals surface area contributed by atoms with E-state index in [-0.39, 0.29) is 11.8 Å². The molecule has 1 fully saturated rings. The average molecular weight is 335 g/mol. The number of aromatic nitrogens is 2. The number of hydrogen-bond donors (Lipinski definition) is 4. The van der Waals surface area contributed by atoms with Gasteiger partial charge in [-0.2, -0.15) is 5.10 Å². The number of benzene rings is 2. The number of nitrogens with one attached hydrogen (secondary N) is 4. The topological polar surface area (TPSA) is 81.8 Å².